The van der Waals surface area contributed by atoms with Gasteiger partial charge in [-0.15, -0.1) is 24.0 Å². The molecule has 1 aliphatic heterocycles. The van der Waals surface area contributed by atoms with Gasteiger partial charge in [0.05, 0.1) is 0 Å². The van der Waals surface area contributed by atoms with Gasteiger partial charge in [-0.25, -0.2) is 4.99 Å². The van der Waals surface area contributed by atoms with E-state index in [9.17, 15) is 4.79 Å². The minimum Gasteiger partial charge on any atom is -0.357 e. The number of amides is 1. The summed E-state index contributed by atoms with van der Waals surface area (Å²) >= 11 is 0. The lowest BCUT2D eigenvalue weighted by molar-refractivity contribution is -0.128. The van der Waals surface area contributed by atoms with Crippen LogP contribution in [-0.2, 0) is 4.79 Å². The Bertz CT molecular complexity index is 373. The zero-order valence-corrected chi connectivity index (χ0v) is 18.3. The zero-order chi connectivity index (χ0) is 17.2. The summed E-state index contributed by atoms with van der Waals surface area (Å²) in [5, 5.41) is 6.54. The molecule has 7 heteroatoms. The average Bonchev–Trinajstić information content (AvgIpc) is 3.02. The molecule has 24 heavy (non-hydrogen) atoms. The number of likely N-dealkylation sites (tertiary alicyclic amines) is 1. The molecule has 0 aromatic heterocycles. The van der Waals surface area contributed by atoms with E-state index in [1.54, 1.807) is 0 Å². The highest BCUT2D eigenvalue weighted by Crippen LogP contribution is 2.07. The second-order valence-corrected chi connectivity index (χ2v) is 6.64. The SMILES string of the molecule is CCNC(=NCC(=O)N1CCCC1)NCCN(C(C)C)C(C)C.I. The predicted octanol–water partition coefficient (Wildman–Crippen LogP) is 1.90. The molecule has 1 rings (SSSR count). The van der Waals surface area contributed by atoms with E-state index in [4.69, 9.17) is 0 Å². The Morgan fingerprint density at radius 3 is 2.21 bits per heavy atom. The molecule has 0 bridgehead atoms. The van der Waals surface area contributed by atoms with Crippen LogP contribution in [0.2, 0.25) is 0 Å². The molecule has 1 fully saturated rings. The summed E-state index contributed by atoms with van der Waals surface area (Å²) in [6, 6.07) is 1.04. The van der Waals surface area contributed by atoms with E-state index in [0.29, 0.717) is 12.1 Å². The van der Waals surface area contributed by atoms with Crippen LogP contribution >= 0.6 is 24.0 Å². The van der Waals surface area contributed by atoms with Crippen LogP contribution in [0.3, 0.4) is 0 Å². The smallest absolute Gasteiger partial charge is 0.244 e. The van der Waals surface area contributed by atoms with Gasteiger partial charge in [-0.05, 0) is 47.5 Å². The molecule has 0 saturated carbocycles. The molecule has 1 saturated heterocycles. The number of aliphatic imine (C=N–C) groups is 1. The van der Waals surface area contributed by atoms with Crippen molar-refractivity contribution in [3.63, 3.8) is 0 Å². The Morgan fingerprint density at radius 2 is 1.71 bits per heavy atom. The summed E-state index contributed by atoms with van der Waals surface area (Å²) in [5.41, 5.74) is 0. The second-order valence-electron chi connectivity index (χ2n) is 6.64. The van der Waals surface area contributed by atoms with Crippen LogP contribution < -0.4 is 10.6 Å². The largest absolute Gasteiger partial charge is 0.357 e. The zero-order valence-electron chi connectivity index (χ0n) is 16.0. The first-order valence-electron chi connectivity index (χ1n) is 9.01. The highest BCUT2D eigenvalue weighted by atomic mass is 127. The lowest BCUT2D eigenvalue weighted by atomic mass is 10.2. The summed E-state index contributed by atoms with van der Waals surface area (Å²) < 4.78 is 0. The number of hydrogen-bond acceptors (Lipinski definition) is 3. The van der Waals surface area contributed by atoms with Crippen LogP contribution in [0.4, 0.5) is 0 Å². The number of halogens is 1. The van der Waals surface area contributed by atoms with Crippen molar-refractivity contribution in [3.05, 3.63) is 0 Å². The van der Waals surface area contributed by atoms with Crippen molar-refractivity contribution in [2.24, 2.45) is 4.99 Å². The second kappa shape index (κ2) is 12.7. The van der Waals surface area contributed by atoms with Gasteiger partial charge >= 0.3 is 0 Å². The number of nitrogens with zero attached hydrogens (tertiary/aromatic N) is 3. The van der Waals surface area contributed by atoms with Gasteiger partial charge in [0.1, 0.15) is 6.54 Å². The third kappa shape index (κ3) is 8.50. The minimum atomic E-state index is 0. The van der Waals surface area contributed by atoms with Gasteiger partial charge in [-0.1, -0.05) is 0 Å². The van der Waals surface area contributed by atoms with Crippen molar-refractivity contribution in [2.75, 3.05) is 39.3 Å². The van der Waals surface area contributed by atoms with Crippen LogP contribution in [-0.4, -0.2) is 73.0 Å². The van der Waals surface area contributed by atoms with Crippen LogP contribution in [0, 0.1) is 0 Å². The molecule has 142 valence electrons. The van der Waals surface area contributed by atoms with Crippen molar-refractivity contribution in [1.82, 2.24) is 20.4 Å². The Hall–Kier alpha value is -0.570. The number of rotatable bonds is 8. The molecule has 1 heterocycles. The van der Waals surface area contributed by atoms with Gasteiger partial charge in [0.25, 0.3) is 0 Å². The molecule has 0 atom stereocenters. The Kier molecular flexibility index (Phi) is 12.4. The van der Waals surface area contributed by atoms with Gasteiger partial charge in [0.15, 0.2) is 5.96 Å². The fourth-order valence-electron chi connectivity index (χ4n) is 2.97. The van der Waals surface area contributed by atoms with Gasteiger partial charge in [0, 0.05) is 44.8 Å². The molecule has 0 aliphatic carbocycles. The lowest BCUT2D eigenvalue weighted by Crippen LogP contribution is -2.45. The summed E-state index contributed by atoms with van der Waals surface area (Å²) in [4.78, 5) is 20.8. The Morgan fingerprint density at radius 1 is 1.12 bits per heavy atom. The highest BCUT2D eigenvalue weighted by Gasteiger charge is 2.17. The standard InChI is InChI=1S/C17H35N5O.HI/c1-6-18-17(19-9-12-22(14(2)3)15(4)5)20-13-16(23)21-10-7-8-11-21;/h14-15H,6-13H2,1-5H3,(H2,18,19,20);1H. The summed E-state index contributed by atoms with van der Waals surface area (Å²) in [6.07, 6.45) is 2.24. The highest BCUT2D eigenvalue weighted by molar-refractivity contribution is 14.0. The fourth-order valence-corrected chi connectivity index (χ4v) is 2.97. The van der Waals surface area contributed by atoms with Crippen molar-refractivity contribution in [2.45, 2.75) is 59.5 Å². The average molecular weight is 453 g/mol. The molecule has 1 amide bonds. The van der Waals surface area contributed by atoms with E-state index in [1.165, 1.54) is 0 Å². The molecular weight excluding hydrogens is 417 g/mol. The summed E-state index contributed by atoms with van der Waals surface area (Å²) in [6.45, 7) is 15.5. The van der Waals surface area contributed by atoms with Crippen molar-refractivity contribution >= 4 is 35.8 Å². The molecular formula is C17H36IN5O. The van der Waals surface area contributed by atoms with Crippen LogP contribution in [0.25, 0.3) is 0 Å². The lowest BCUT2D eigenvalue weighted by Gasteiger charge is -2.30. The first-order chi connectivity index (χ1) is 11.0. The van der Waals surface area contributed by atoms with E-state index in [1.807, 2.05) is 11.8 Å². The van der Waals surface area contributed by atoms with E-state index in [-0.39, 0.29) is 36.4 Å². The number of nitrogens with one attached hydrogen (secondary N) is 2. The maximum atomic E-state index is 12.1. The number of carbonyl (C=O) groups excluding carboxylic acids is 1. The maximum absolute atomic E-state index is 12.1. The topological polar surface area (TPSA) is 60.0 Å². The predicted molar refractivity (Wildman–Crippen MR) is 112 cm³/mol. The Labute approximate surface area is 164 Å². The van der Waals surface area contributed by atoms with E-state index in [2.05, 4.69) is 48.2 Å². The molecule has 0 aromatic carbocycles. The van der Waals surface area contributed by atoms with Gasteiger partial charge in [0.2, 0.25) is 5.91 Å². The molecule has 2 N–H and O–H groups in total. The molecule has 0 unspecified atom stereocenters. The first-order valence-corrected chi connectivity index (χ1v) is 9.01. The van der Waals surface area contributed by atoms with Crippen molar-refractivity contribution < 1.29 is 4.79 Å². The molecule has 0 aromatic rings. The molecule has 6 nitrogen and oxygen atoms in total. The van der Waals surface area contributed by atoms with E-state index in [0.717, 1.165) is 51.5 Å². The summed E-state index contributed by atoms with van der Waals surface area (Å²) in [7, 11) is 0. The molecule has 1 aliphatic rings. The number of guanidine groups is 1. The summed E-state index contributed by atoms with van der Waals surface area (Å²) in [5.74, 6) is 0.859. The maximum Gasteiger partial charge on any atom is 0.244 e. The first kappa shape index (κ1) is 23.4. The van der Waals surface area contributed by atoms with Gasteiger partial charge in [-0.3, -0.25) is 9.69 Å². The number of carbonyl (C=O) groups is 1. The van der Waals surface area contributed by atoms with Gasteiger partial charge in [-0.2, -0.15) is 0 Å². The minimum absolute atomic E-state index is 0. The van der Waals surface area contributed by atoms with E-state index >= 15 is 0 Å². The molecule has 0 spiro atoms. The quantitative estimate of drug-likeness (QED) is 0.335. The monoisotopic (exact) mass is 453 g/mol. The fraction of sp³-hybridized carbons (Fsp3) is 0.882. The third-order valence-corrected chi connectivity index (χ3v) is 4.16. The molecule has 0 radical (unpaired) electrons. The van der Waals surface area contributed by atoms with Crippen LogP contribution in [0.15, 0.2) is 4.99 Å². The van der Waals surface area contributed by atoms with E-state index < -0.39 is 0 Å². The Balaban J connectivity index is 0.00000529. The van der Waals surface area contributed by atoms with Crippen LogP contribution in [0.1, 0.15) is 47.5 Å². The van der Waals surface area contributed by atoms with Crippen molar-refractivity contribution in [3.8, 4) is 0 Å². The third-order valence-electron chi connectivity index (χ3n) is 4.16. The van der Waals surface area contributed by atoms with Gasteiger partial charge < -0.3 is 15.5 Å². The number of hydrogen-bond donors (Lipinski definition) is 2. The van der Waals surface area contributed by atoms with Crippen molar-refractivity contribution in [1.29, 1.82) is 0 Å². The van der Waals surface area contributed by atoms with Crippen LogP contribution in [0.5, 0.6) is 0 Å². The normalized spacial score (nSPS) is 15.2.